The molecule has 1 aromatic heterocycles. The van der Waals surface area contributed by atoms with Crippen molar-refractivity contribution in [2.45, 2.75) is 25.2 Å². The lowest BCUT2D eigenvalue weighted by Crippen LogP contribution is -2.37. The molecule has 0 aliphatic heterocycles. The molecular formula is C29H29ClN4O2S. The van der Waals surface area contributed by atoms with Gasteiger partial charge in [0.1, 0.15) is 0 Å². The molecule has 0 atom stereocenters. The summed E-state index contributed by atoms with van der Waals surface area (Å²) in [6.07, 6.45) is 1.44. The number of carbonyl (C=O) groups is 2. The summed E-state index contributed by atoms with van der Waals surface area (Å²) in [5, 5.41) is 5.95. The van der Waals surface area contributed by atoms with Gasteiger partial charge in [-0.05, 0) is 36.1 Å². The summed E-state index contributed by atoms with van der Waals surface area (Å²) in [5.74, 6) is -0.249. The molecular weight excluding hydrogens is 504 g/mol. The molecule has 0 saturated heterocycles. The quantitative estimate of drug-likeness (QED) is 0.223. The molecule has 0 aliphatic carbocycles. The van der Waals surface area contributed by atoms with E-state index in [1.54, 1.807) is 4.90 Å². The standard InChI is InChI=1S/C29H29ClN4O2S/c30-24-14-7-13-23(19-24)26-20-37-28(32-26)33-29(36)34(17-8-15-27(31)35)18-16-25(21-9-3-1-4-10-21)22-11-5-2-6-12-22/h1-7,9-14,19-20,25H,8,15-18H2,(H2,31,35)(H,32,33,36). The van der Waals surface area contributed by atoms with Gasteiger partial charge >= 0.3 is 6.03 Å². The third-order valence-electron chi connectivity index (χ3n) is 6.07. The highest BCUT2D eigenvalue weighted by atomic mass is 35.5. The largest absolute Gasteiger partial charge is 0.370 e. The topological polar surface area (TPSA) is 88.3 Å². The van der Waals surface area contributed by atoms with Crippen LogP contribution in [0.3, 0.4) is 0 Å². The highest BCUT2D eigenvalue weighted by Gasteiger charge is 2.20. The number of nitrogens with zero attached hydrogens (tertiary/aromatic N) is 2. The molecule has 0 unspecified atom stereocenters. The van der Waals surface area contributed by atoms with Crippen molar-refractivity contribution >= 4 is 40.0 Å². The van der Waals surface area contributed by atoms with E-state index in [1.165, 1.54) is 22.5 Å². The summed E-state index contributed by atoms with van der Waals surface area (Å²) >= 11 is 7.47. The minimum Gasteiger partial charge on any atom is -0.370 e. The van der Waals surface area contributed by atoms with E-state index >= 15 is 0 Å². The van der Waals surface area contributed by atoms with E-state index in [0.717, 1.165) is 17.7 Å². The number of benzene rings is 3. The maximum absolute atomic E-state index is 13.3. The molecule has 6 nitrogen and oxygen atoms in total. The molecule has 0 saturated carbocycles. The second-order valence-electron chi connectivity index (χ2n) is 8.70. The smallest absolute Gasteiger partial charge is 0.323 e. The zero-order valence-electron chi connectivity index (χ0n) is 20.3. The summed E-state index contributed by atoms with van der Waals surface area (Å²) in [5.41, 5.74) is 9.36. The number of rotatable bonds is 11. The molecule has 4 aromatic rings. The van der Waals surface area contributed by atoms with Gasteiger partial charge in [0.15, 0.2) is 5.13 Å². The SMILES string of the molecule is NC(=O)CCCN(CCC(c1ccccc1)c1ccccc1)C(=O)Nc1nc(-c2cccc(Cl)c2)cs1. The highest BCUT2D eigenvalue weighted by Crippen LogP contribution is 2.29. The van der Waals surface area contributed by atoms with Gasteiger partial charge in [-0.25, -0.2) is 9.78 Å². The Labute approximate surface area is 226 Å². The number of anilines is 1. The van der Waals surface area contributed by atoms with Crippen LogP contribution in [-0.2, 0) is 4.79 Å². The average Bonchev–Trinajstić information content (AvgIpc) is 3.37. The van der Waals surface area contributed by atoms with Crippen molar-refractivity contribution in [3.8, 4) is 11.3 Å². The first-order valence-electron chi connectivity index (χ1n) is 12.1. The number of amides is 3. The first-order valence-corrected chi connectivity index (χ1v) is 13.4. The second-order valence-corrected chi connectivity index (χ2v) is 9.99. The number of aromatic nitrogens is 1. The molecule has 37 heavy (non-hydrogen) atoms. The second kappa shape index (κ2) is 13.0. The van der Waals surface area contributed by atoms with E-state index < -0.39 is 0 Å². The Morgan fingerprint density at radius 2 is 1.62 bits per heavy atom. The van der Waals surface area contributed by atoms with Gasteiger partial charge in [-0.15, -0.1) is 11.3 Å². The molecule has 0 bridgehead atoms. The van der Waals surface area contributed by atoms with Gasteiger partial charge in [0, 0.05) is 41.4 Å². The lowest BCUT2D eigenvalue weighted by atomic mass is 9.88. The number of hydrogen-bond acceptors (Lipinski definition) is 4. The summed E-state index contributed by atoms with van der Waals surface area (Å²) in [6, 6.07) is 27.8. The van der Waals surface area contributed by atoms with Gasteiger partial charge < -0.3 is 10.6 Å². The normalized spacial score (nSPS) is 10.9. The Balaban J connectivity index is 1.48. The zero-order valence-corrected chi connectivity index (χ0v) is 21.9. The van der Waals surface area contributed by atoms with Gasteiger partial charge in [0.25, 0.3) is 0 Å². The van der Waals surface area contributed by atoms with Gasteiger partial charge in [-0.3, -0.25) is 10.1 Å². The monoisotopic (exact) mass is 532 g/mol. The fourth-order valence-corrected chi connectivity index (χ4v) is 5.12. The van der Waals surface area contributed by atoms with Crippen LogP contribution in [0.1, 0.15) is 36.3 Å². The molecule has 8 heteroatoms. The maximum atomic E-state index is 13.3. The van der Waals surface area contributed by atoms with Crippen molar-refractivity contribution < 1.29 is 9.59 Å². The minimum absolute atomic E-state index is 0.128. The number of hydrogen-bond donors (Lipinski definition) is 2. The third kappa shape index (κ3) is 7.65. The van der Waals surface area contributed by atoms with Gasteiger partial charge in [0.2, 0.25) is 5.91 Å². The van der Waals surface area contributed by atoms with E-state index in [1.807, 2.05) is 66.0 Å². The molecule has 3 amide bonds. The number of primary amides is 1. The summed E-state index contributed by atoms with van der Waals surface area (Å²) in [7, 11) is 0. The van der Waals surface area contributed by atoms with E-state index in [2.05, 4.69) is 34.6 Å². The molecule has 1 heterocycles. The van der Waals surface area contributed by atoms with E-state index in [-0.39, 0.29) is 24.3 Å². The number of urea groups is 1. The Hall–Kier alpha value is -3.68. The van der Waals surface area contributed by atoms with Gasteiger partial charge in [0.05, 0.1) is 5.69 Å². The highest BCUT2D eigenvalue weighted by molar-refractivity contribution is 7.14. The Morgan fingerprint density at radius 1 is 0.946 bits per heavy atom. The molecule has 3 aromatic carbocycles. The molecule has 190 valence electrons. The van der Waals surface area contributed by atoms with Crippen molar-refractivity contribution in [2.24, 2.45) is 5.73 Å². The van der Waals surface area contributed by atoms with E-state index in [4.69, 9.17) is 17.3 Å². The third-order valence-corrected chi connectivity index (χ3v) is 7.06. The Kier molecular flexibility index (Phi) is 9.29. The number of carbonyl (C=O) groups excluding carboxylic acids is 2. The fourth-order valence-electron chi connectivity index (χ4n) is 4.22. The average molecular weight is 533 g/mol. The van der Waals surface area contributed by atoms with Crippen molar-refractivity contribution in [1.29, 1.82) is 0 Å². The van der Waals surface area contributed by atoms with Crippen LogP contribution < -0.4 is 11.1 Å². The number of thiazole rings is 1. The van der Waals surface area contributed by atoms with Gasteiger partial charge in [-0.2, -0.15) is 0 Å². The Morgan fingerprint density at radius 3 is 2.24 bits per heavy atom. The predicted molar refractivity (Wildman–Crippen MR) is 151 cm³/mol. The first kappa shape index (κ1) is 26.4. The van der Waals surface area contributed by atoms with E-state index in [9.17, 15) is 9.59 Å². The lowest BCUT2D eigenvalue weighted by molar-refractivity contribution is -0.118. The number of nitrogens with one attached hydrogen (secondary N) is 1. The molecule has 0 spiro atoms. The summed E-state index contributed by atoms with van der Waals surface area (Å²) < 4.78 is 0. The minimum atomic E-state index is -0.377. The molecule has 4 rings (SSSR count). The van der Waals surface area contributed by atoms with Crippen molar-refractivity contribution in [3.63, 3.8) is 0 Å². The molecule has 0 radical (unpaired) electrons. The number of halogens is 1. The molecule has 3 N–H and O–H groups in total. The van der Waals surface area contributed by atoms with Crippen LogP contribution in [0.4, 0.5) is 9.93 Å². The van der Waals surface area contributed by atoms with Crippen LogP contribution in [0.5, 0.6) is 0 Å². The van der Waals surface area contributed by atoms with Crippen molar-refractivity contribution in [2.75, 3.05) is 18.4 Å². The van der Waals surface area contributed by atoms with Crippen molar-refractivity contribution in [1.82, 2.24) is 9.88 Å². The predicted octanol–water partition coefficient (Wildman–Crippen LogP) is 6.79. The van der Waals surface area contributed by atoms with Gasteiger partial charge in [-0.1, -0.05) is 84.4 Å². The maximum Gasteiger partial charge on any atom is 0.323 e. The van der Waals surface area contributed by atoms with E-state index in [0.29, 0.717) is 29.7 Å². The summed E-state index contributed by atoms with van der Waals surface area (Å²) in [4.78, 5) is 31.0. The number of nitrogens with two attached hydrogens (primary N) is 1. The zero-order chi connectivity index (χ0) is 26.0. The van der Waals surface area contributed by atoms with Crippen LogP contribution in [0, 0.1) is 0 Å². The Bertz CT molecular complexity index is 1270. The van der Waals surface area contributed by atoms with Crippen LogP contribution in [0.15, 0.2) is 90.3 Å². The van der Waals surface area contributed by atoms with Crippen molar-refractivity contribution in [3.05, 3.63) is 106 Å². The van der Waals surface area contributed by atoms with Crippen LogP contribution in [0.25, 0.3) is 11.3 Å². The molecule has 0 fully saturated rings. The fraction of sp³-hybridized carbons (Fsp3) is 0.207. The summed E-state index contributed by atoms with van der Waals surface area (Å²) in [6.45, 7) is 0.920. The lowest BCUT2D eigenvalue weighted by Gasteiger charge is -2.26. The van der Waals surface area contributed by atoms with Crippen LogP contribution in [-0.4, -0.2) is 34.9 Å². The molecule has 0 aliphatic rings. The van der Waals surface area contributed by atoms with Crippen LogP contribution in [0.2, 0.25) is 5.02 Å². The van der Waals surface area contributed by atoms with Crippen LogP contribution >= 0.6 is 22.9 Å². The first-order chi connectivity index (χ1) is 18.0.